The van der Waals surface area contributed by atoms with Crippen LogP contribution in [0.4, 0.5) is 26.3 Å². The molecule has 0 heterocycles. The Morgan fingerprint density at radius 2 is 1.46 bits per heavy atom. The summed E-state index contributed by atoms with van der Waals surface area (Å²) < 4.78 is 92.2. The number of ether oxygens (including phenoxy) is 2. The minimum absolute atomic E-state index is 0.0239. The van der Waals surface area contributed by atoms with E-state index in [9.17, 15) is 26.3 Å². The molecule has 28 heavy (non-hydrogen) atoms. The van der Waals surface area contributed by atoms with Crippen molar-refractivity contribution >= 4 is 0 Å². The van der Waals surface area contributed by atoms with Gasteiger partial charge in [0.05, 0.1) is 6.10 Å². The molecule has 0 N–H and O–H groups in total. The number of alkyl halides is 6. The molecule has 1 aliphatic rings. The van der Waals surface area contributed by atoms with Gasteiger partial charge in [-0.1, -0.05) is 57.4 Å². The average molecular weight is 412 g/mol. The van der Waals surface area contributed by atoms with Crippen LogP contribution in [0.1, 0.15) is 69.4 Å². The van der Waals surface area contributed by atoms with E-state index >= 15 is 0 Å². The fourth-order valence-electron chi connectivity index (χ4n) is 3.47. The molecule has 0 amide bonds. The molecule has 0 radical (unpaired) electrons. The van der Waals surface area contributed by atoms with Crippen molar-refractivity contribution in [2.45, 2.75) is 82.3 Å². The zero-order valence-corrected chi connectivity index (χ0v) is 16.0. The van der Waals surface area contributed by atoms with Crippen LogP contribution < -0.4 is 0 Å². The highest BCUT2D eigenvalue weighted by Gasteiger charge is 2.73. The molecule has 1 aromatic carbocycles. The van der Waals surface area contributed by atoms with E-state index in [2.05, 4.69) is 4.74 Å². The first-order chi connectivity index (χ1) is 13.0. The van der Waals surface area contributed by atoms with Crippen molar-refractivity contribution in [1.82, 2.24) is 0 Å². The molecule has 0 aliphatic heterocycles. The van der Waals surface area contributed by atoms with Crippen molar-refractivity contribution in [1.29, 1.82) is 0 Å². The second-order valence-electron chi connectivity index (χ2n) is 7.30. The molecular weight excluding hydrogens is 386 g/mol. The second-order valence-corrected chi connectivity index (χ2v) is 7.30. The van der Waals surface area contributed by atoms with Crippen LogP contribution in [0.5, 0.6) is 0 Å². The average Bonchev–Trinajstić information content (AvgIpc) is 2.63. The Bertz CT molecular complexity index is 589. The van der Waals surface area contributed by atoms with Crippen molar-refractivity contribution < 1.29 is 35.8 Å². The summed E-state index contributed by atoms with van der Waals surface area (Å²) in [4.78, 5) is 0. The maximum absolute atomic E-state index is 13.7. The Kier molecular flexibility index (Phi) is 7.42. The highest BCUT2D eigenvalue weighted by molar-refractivity contribution is 5.32. The molecule has 1 fully saturated rings. The standard InChI is InChI=1S/C20H26F6O2/c1-3-14(2)15-9-11-16(12-10-15)18(19(21,22)23,20(24,25)26)28-13-27-17-7-5-4-6-8-17/h9-12,14,17H,3-8,13H2,1-2H3. The molecule has 0 aromatic heterocycles. The molecule has 0 bridgehead atoms. The van der Waals surface area contributed by atoms with Gasteiger partial charge >= 0.3 is 12.4 Å². The maximum Gasteiger partial charge on any atom is 0.430 e. The molecule has 0 spiro atoms. The second kappa shape index (κ2) is 9.03. The SMILES string of the molecule is CCC(C)c1ccc(C(OCOC2CCCCC2)(C(F)(F)F)C(F)(F)F)cc1. The molecule has 160 valence electrons. The fraction of sp³-hybridized carbons (Fsp3) is 0.700. The van der Waals surface area contributed by atoms with E-state index in [0.29, 0.717) is 18.4 Å². The Labute approximate surface area is 161 Å². The summed E-state index contributed by atoms with van der Waals surface area (Å²) in [6, 6.07) is 4.29. The third-order valence-corrected chi connectivity index (χ3v) is 5.43. The Morgan fingerprint density at radius 1 is 0.929 bits per heavy atom. The van der Waals surface area contributed by atoms with Gasteiger partial charge in [0, 0.05) is 5.56 Å². The van der Waals surface area contributed by atoms with E-state index in [0.717, 1.165) is 37.8 Å². The smallest absolute Gasteiger partial charge is 0.352 e. The molecule has 1 aromatic rings. The first-order valence-electron chi connectivity index (χ1n) is 9.52. The van der Waals surface area contributed by atoms with Gasteiger partial charge in [0.15, 0.2) is 0 Å². The molecule has 1 atom stereocenters. The van der Waals surface area contributed by atoms with E-state index in [1.165, 1.54) is 12.1 Å². The quantitative estimate of drug-likeness (QED) is 0.360. The minimum Gasteiger partial charge on any atom is -0.352 e. The van der Waals surface area contributed by atoms with Gasteiger partial charge in [-0.3, -0.25) is 0 Å². The van der Waals surface area contributed by atoms with Crippen LogP contribution in [0.15, 0.2) is 24.3 Å². The Morgan fingerprint density at radius 3 is 1.93 bits per heavy atom. The summed E-state index contributed by atoms with van der Waals surface area (Å²) in [7, 11) is 0. The van der Waals surface area contributed by atoms with E-state index in [-0.39, 0.29) is 12.0 Å². The number of rotatable bonds is 7. The van der Waals surface area contributed by atoms with E-state index in [1.807, 2.05) is 13.8 Å². The zero-order valence-electron chi connectivity index (χ0n) is 16.0. The number of hydrogen-bond donors (Lipinski definition) is 0. The Balaban J connectivity index is 2.32. The third kappa shape index (κ3) is 4.82. The predicted molar refractivity (Wildman–Crippen MR) is 92.8 cm³/mol. The van der Waals surface area contributed by atoms with Crippen molar-refractivity contribution in [3.05, 3.63) is 35.4 Å². The summed E-state index contributed by atoms with van der Waals surface area (Å²) in [6.07, 6.45) is -7.17. The maximum atomic E-state index is 13.7. The first kappa shape index (κ1) is 23.0. The summed E-state index contributed by atoms with van der Waals surface area (Å²) in [5, 5.41) is 0. The van der Waals surface area contributed by atoms with Gasteiger partial charge in [-0.15, -0.1) is 0 Å². The normalized spacial score (nSPS) is 18.3. The van der Waals surface area contributed by atoms with Crippen LogP contribution in [0.25, 0.3) is 0 Å². The highest BCUT2D eigenvalue weighted by atomic mass is 19.4. The number of hydrogen-bond acceptors (Lipinski definition) is 2. The predicted octanol–water partition coefficient (Wildman–Crippen LogP) is 6.84. The summed E-state index contributed by atoms with van der Waals surface area (Å²) in [5.41, 5.74) is -4.75. The van der Waals surface area contributed by atoms with Crippen LogP contribution in [0.2, 0.25) is 0 Å². The van der Waals surface area contributed by atoms with Gasteiger partial charge in [-0.2, -0.15) is 26.3 Å². The molecule has 0 saturated heterocycles. The summed E-state index contributed by atoms with van der Waals surface area (Å²) >= 11 is 0. The zero-order chi connectivity index (χ0) is 21.0. The molecule has 2 nitrogen and oxygen atoms in total. The van der Waals surface area contributed by atoms with E-state index in [1.54, 1.807) is 0 Å². The largest absolute Gasteiger partial charge is 0.430 e. The van der Waals surface area contributed by atoms with Gasteiger partial charge in [-0.05, 0) is 30.7 Å². The van der Waals surface area contributed by atoms with Crippen LogP contribution in [-0.4, -0.2) is 25.2 Å². The fourth-order valence-corrected chi connectivity index (χ4v) is 3.47. The van der Waals surface area contributed by atoms with E-state index < -0.39 is 30.3 Å². The van der Waals surface area contributed by atoms with Gasteiger partial charge in [0.1, 0.15) is 6.79 Å². The molecule has 2 rings (SSSR count). The molecular formula is C20H26F6O2. The van der Waals surface area contributed by atoms with Gasteiger partial charge in [0.25, 0.3) is 5.60 Å². The van der Waals surface area contributed by atoms with Crippen LogP contribution in [-0.2, 0) is 15.1 Å². The van der Waals surface area contributed by atoms with Crippen molar-refractivity contribution in [3.63, 3.8) is 0 Å². The minimum atomic E-state index is -5.70. The molecule has 1 aliphatic carbocycles. The van der Waals surface area contributed by atoms with Gasteiger partial charge in [-0.25, -0.2) is 0 Å². The van der Waals surface area contributed by atoms with Crippen molar-refractivity contribution in [2.24, 2.45) is 0 Å². The number of halogens is 6. The third-order valence-electron chi connectivity index (χ3n) is 5.43. The van der Waals surface area contributed by atoms with Crippen LogP contribution >= 0.6 is 0 Å². The molecule has 1 unspecified atom stereocenters. The first-order valence-corrected chi connectivity index (χ1v) is 9.52. The monoisotopic (exact) mass is 412 g/mol. The van der Waals surface area contributed by atoms with Gasteiger partial charge in [0.2, 0.25) is 0 Å². The molecule has 1 saturated carbocycles. The van der Waals surface area contributed by atoms with Crippen molar-refractivity contribution in [2.75, 3.05) is 6.79 Å². The lowest BCUT2D eigenvalue weighted by Crippen LogP contribution is -2.56. The Hall–Kier alpha value is -1.28. The topological polar surface area (TPSA) is 18.5 Å². The summed E-state index contributed by atoms with van der Waals surface area (Å²) in [6.45, 7) is 2.67. The lowest BCUT2D eigenvalue weighted by atomic mass is 9.89. The van der Waals surface area contributed by atoms with Crippen LogP contribution in [0.3, 0.4) is 0 Å². The van der Waals surface area contributed by atoms with Crippen LogP contribution in [0, 0.1) is 0 Å². The van der Waals surface area contributed by atoms with E-state index in [4.69, 9.17) is 4.74 Å². The lowest BCUT2D eigenvalue weighted by molar-refractivity contribution is -0.403. The van der Waals surface area contributed by atoms with Gasteiger partial charge < -0.3 is 9.47 Å². The number of benzene rings is 1. The lowest BCUT2D eigenvalue weighted by Gasteiger charge is -2.37. The van der Waals surface area contributed by atoms with Crippen molar-refractivity contribution in [3.8, 4) is 0 Å². The highest BCUT2D eigenvalue weighted by Crippen LogP contribution is 2.53. The molecule has 8 heteroatoms. The summed E-state index contributed by atoms with van der Waals surface area (Å²) in [5.74, 6) is 0.0239.